The first-order chi connectivity index (χ1) is 9.24. The van der Waals surface area contributed by atoms with E-state index in [1.165, 1.54) is 32.1 Å². The molecule has 1 aromatic carbocycles. The Kier molecular flexibility index (Phi) is 5.23. The molecule has 1 fully saturated rings. The number of hydrogen-bond donors (Lipinski definition) is 2. The molecule has 1 aliphatic rings. The third kappa shape index (κ3) is 3.48. The quantitative estimate of drug-likeness (QED) is 0.858. The van der Waals surface area contributed by atoms with E-state index in [9.17, 15) is 10.2 Å². The van der Waals surface area contributed by atoms with Crippen molar-refractivity contribution in [1.82, 2.24) is 0 Å². The summed E-state index contributed by atoms with van der Waals surface area (Å²) in [4.78, 5) is 2.29. The molecule has 1 atom stereocenters. The Bertz CT molecular complexity index is 386. The second kappa shape index (κ2) is 6.92. The van der Waals surface area contributed by atoms with Crippen molar-refractivity contribution in [3.8, 4) is 0 Å². The molecule has 0 amide bonds. The normalized spacial score (nSPS) is 18.3. The second-order valence-electron chi connectivity index (χ2n) is 5.44. The highest BCUT2D eigenvalue weighted by atomic mass is 16.3. The molecular formula is C16H25NO2. The van der Waals surface area contributed by atoms with Gasteiger partial charge in [-0.15, -0.1) is 0 Å². The van der Waals surface area contributed by atoms with E-state index in [-0.39, 0.29) is 6.61 Å². The molecular weight excluding hydrogens is 238 g/mol. The van der Waals surface area contributed by atoms with E-state index in [0.29, 0.717) is 12.6 Å². The third-order valence-corrected chi connectivity index (χ3v) is 4.05. The van der Waals surface area contributed by atoms with Crippen molar-refractivity contribution in [3.05, 3.63) is 29.8 Å². The number of hydrogen-bond acceptors (Lipinski definition) is 3. The fraction of sp³-hybridized carbons (Fsp3) is 0.625. The highest BCUT2D eigenvalue weighted by Crippen LogP contribution is 2.32. The Morgan fingerprint density at radius 1 is 1.21 bits per heavy atom. The third-order valence-electron chi connectivity index (χ3n) is 4.05. The molecule has 0 spiro atoms. The van der Waals surface area contributed by atoms with Crippen LogP contribution >= 0.6 is 0 Å². The minimum absolute atomic E-state index is 0.157. The molecule has 0 bridgehead atoms. The first kappa shape index (κ1) is 14.4. The summed E-state index contributed by atoms with van der Waals surface area (Å²) < 4.78 is 0. The van der Waals surface area contributed by atoms with Gasteiger partial charge in [-0.2, -0.15) is 0 Å². The van der Waals surface area contributed by atoms with Crippen LogP contribution < -0.4 is 4.90 Å². The molecule has 2 N–H and O–H groups in total. The van der Waals surface area contributed by atoms with Gasteiger partial charge in [-0.1, -0.05) is 37.5 Å². The molecule has 0 aliphatic heterocycles. The first-order valence-electron chi connectivity index (χ1n) is 7.38. The van der Waals surface area contributed by atoms with Crippen LogP contribution in [0.3, 0.4) is 0 Å². The van der Waals surface area contributed by atoms with Gasteiger partial charge in [0.1, 0.15) is 0 Å². The highest BCUT2D eigenvalue weighted by Gasteiger charge is 2.23. The maximum Gasteiger partial charge on any atom is 0.0781 e. The molecule has 1 aromatic rings. The van der Waals surface area contributed by atoms with Gasteiger partial charge in [-0.05, 0) is 25.8 Å². The van der Waals surface area contributed by atoms with Crippen LogP contribution in [0.25, 0.3) is 0 Å². The largest absolute Gasteiger partial charge is 0.395 e. The molecule has 19 heavy (non-hydrogen) atoms. The van der Waals surface area contributed by atoms with E-state index in [0.717, 1.165) is 11.3 Å². The van der Waals surface area contributed by atoms with Crippen molar-refractivity contribution in [2.24, 2.45) is 0 Å². The lowest BCUT2D eigenvalue weighted by atomic mass is 9.93. The number of anilines is 1. The molecule has 2 rings (SSSR count). The molecule has 3 heteroatoms. The number of para-hydroxylation sites is 1. The summed E-state index contributed by atoms with van der Waals surface area (Å²) in [5.74, 6) is 0. The topological polar surface area (TPSA) is 43.7 Å². The molecule has 106 valence electrons. The summed E-state index contributed by atoms with van der Waals surface area (Å²) in [7, 11) is 0. The average Bonchev–Trinajstić information content (AvgIpc) is 2.45. The van der Waals surface area contributed by atoms with E-state index < -0.39 is 6.10 Å². The van der Waals surface area contributed by atoms with Crippen molar-refractivity contribution in [2.75, 3.05) is 18.1 Å². The van der Waals surface area contributed by atoms with E-state index >= 15 is 0 Å². The van der Waals surface area contributed by atoms with Gasteiger partial charge in [0, 0.05) is 23.8 Å². The summed E-state index contributed by atoms with van der Waals surface area (Å²) >= 11 is 0. The summed E-state index contributed by atoms with van der Waals surface area (Å²) in [5, 5.41) is 19.3. The Morgan fingerprint density at radius 3 is 2.53 bits per heavy atom. The van der Waals surface area contributed by atoms with Crippen LogP contribution in [0.15, 0.2) is 24.3 Å². The van der Waals surface area contributed by atoms with Crippen LogP contribution in [-0.2, 0) is 0 Å². The number of rotatable bonds is 5. The highest BCUT2D eigenvalue weighted by molar-refractivity contribution is 5.55. The zero-order chi connectivity index (χ0) is 13.7. The number of nitrogens with zero attached hydrogens (tertiary/aromatic N) is 1. The fourth-order valence-electron chi connectivity index (χ4n) is 3.10. The van der Waals surface area contributed by atoms with Crippen LogP contribution in [0.1, 0.15) is 50.7 Å². The van der Waals surface area contributed by atoms with Gasteiger partial charge in [0.15, 0.2) is 0 Å². The molecule has 0 aromatic heterocycles. The SMILES string of the molecule is C[C@H](O)c1ccccc1N(CCO)C1CCCCC1. The lowest BCUT2D eigenvalue weighted by molar-refractivity contribution is 0.199. The van der Waals surface area contributed by atoms with Gasteiger partial charge < -0.3 is 15.1 Å². The molecule has 0 heterocycles. The number of benzene rings is 1. The van der Waals surface area contributed by atoms with Crippen LogP contribution in [0, 0.1) is 0 Å². The summed E-state index contributed by atoms with van der Waals surface area (Å²) in [6.07, 6.45) is 5.76. The number of aliphatic hydroxyl groups is 2. The molecule has 0 radical (unpaired) electrons. The van der Waals surface area contributed by atoms with Crippen LogP contribution in [0.5, 0.6) is 0 Å². The number of aliphatic hydroxyl groups excluding tert-OH is 2. The lowest BCUT2D eigenvalue weighted by Crippen LogP contribution is -2.39. The zero-order valence-corrected chi connectivity index (χ0v) is 11.8. The van der Waals surface area contributed by atoms with Gasteiger partial charge in [0.25, 0.3) is 0 Å². The van der Waals surface area contributed by atoms with Crippen molar-refractivity contribution in [2.45, 2.75) is 51.2 Å². The standard InChI is InChI=1S/C16H25NO2/c1-13(19)15-9-5-6-10-16(15)17(11-12-18)14-7-3-2-4-8-14/h5-6,9-10,13-14,18-19H,2-4,7-8,11-12H2,1H3/t13-/m0/s1. The van der Waals surface area contributed by atoms with Crippen molar-refractivity contribution >= 4 is 5.69 Å². The predicted octanol–water partition coefficient (Wildman–Crippen LogP) is 2.87. The summed E-state index contributed by atoms with van der Waals surface area (Å²) in [6, 6.07) is 8.51. The van der Waals surface area contributed by atoms with Gasteiger partial charge >= 0.3 is 0 Å². The fourth-order valence-corrected chi connectivity index (χ4v) is 3.10. The van der Waals surface area contributed by atoms with Crippen LogP contribution in [0.4, 0.5) is 5.69 Å². The minimum Gasteiger partial charge on any atom is -0.395 e. The van der Waals surface area contributed by atoms with Crippen LogP contribution in [0.2, 0.25) is 0 Å². The van der Waals surface area contributed by atoms with Gasteiger partial charge in [-0.25, -0.2) is 0 Å². The van der Waals surface area contributed by atoms with Crippen LogP contribution in [-0.4, -0.2) is 29.4 Å². The first-order valence-corrected chi connectivity index (χ1v) is 7.38. The Labute approximate surface area is 115 Å². The average molecular weight is 263 g/mol. The Balaban J connectivity index is 2.27. The Morgan fingerprint density at radius 2 is 1.89 bits per heavy atom. The van der Waals surface area contributed by atoms with Crippen molar-refractivity contribution < 1.29 is 10.2 Å². The van der Waals surface area contributed by atoms with Gasteiger partial charge in [-0.3, -0.25) is 0 Å². The summed E-state index contributed by atoms with van der Waals surface area (Å²) in [5.41, 5.74) is 2.04. The molecule has 1 saturated carbocycles. The maximum atomic E-state index is 9.93. The van der Waals surface area contributed by atoms with Crippen molar-refractivity contribution in [3.63, 3.8) is 0 Å². The van der Waals surface area contributed by atoms with E-state index in [1.54, 1.807) is 6.92 Å². The maximum absolute atomic E-state index is 9.93. The van der Waals surface area contributed by atoms with E-state index in [4.69, 9.17) is 0 Å². The molecule has 1 aliphatic carbocycles. The Hall–Kier alpha value is -1.06. The lowest BCUT2D eigenvalue weighted by Gasteiger charge is -2.37. The monoisotopic (exact) mass is 263 g/mol. The van der Waals surface area contributed by atoms with E-state index in [1.807, 2.05) is 18.2 Å². The van der Waals surface area contributed by atoms with E-state index in [2.05, 4.69) is 11.0 Å². The second-order valence-corrected chi connectivity index (χ2v) is 5.44. The summed E-state index contributed by atoms with van der Waals surface area (Å²) in [6.45, 7) is 2.61. The van der Waals surface area contributed by atoms with Crippen molar-refractivity contribution in [1.29, 1.82) is 0 Å². The molecule has 0 unspecified atom stereocenters. The predicted molar refractivity (Wildman–Crippen MR) is 78.4 cm³/mol. The van der Waals surface area contributed by atoms with Gasteiger partial charge in [0.2, 0.25) is 0 Å². The molecule has 0 saturated heterocycles. The minimum atomic E-state index is -0.471. The smallest absolute Gasteiger partial charge is 0.0781 e. The molecule has 3 nitrogen and oxygen atoms in total. The van der Waals surface area contributed by atoms with Gasteiger partial charge in [0.05, 0.1) is 12.7 Å². The zero-order valence-electron chi connectivity index (χ0n) is 11.8.